The van der Waals surface area contributed by atoms with Gasteiger partial charge in [-0.1, -0.05) is 42.5 Å². The average Bonchev–Trinajstić information content (AvgIpc) is 3.03. The van der Waals surface area contributed by atoms with Gasteiger partial charge in [0.2, 0.25) is 11.8 Å². The molecule has 4 atom stereocenters. The van der Waals surface area contributed by atoms with E-state index in [1.807, 2.05) is 48.6 Å². The van der Waals surface area contributed by atoms with E-state index in [0.29, 0.717) is 18.5 Å². The minimum atomic E-state index is -1.09. The van der Waals surface area contributed by atoms with E-state index in [9.17, 15) is 19.2 Å². The molecule has 1 N–H and O–H groups in total. The summed E-state index contributed by atoms with van der Waals surface area (Å²) in [6.07, 6.45) is 3.69. The summed E-state index contributed by atoms with van der Waals surface area (Å²) in [5.41, 5.74) is 0.584. The van der Waals surface area contributed by atoms with Crippen molar-refractivity contribution in [3.63, 3.8) is 0 Å². The third kappa shape index (κ3) is 3.95. The molecule has 0 spiro atoms. The van der Waals surface area contributed by atoms with Crippen LogP contribution in [-0.2, 0) is 23.9 Å². The molecule has 1 aliphatic heterocycles. The van der Waals surface area contributed by atoms with Crippen LogP contribution < -0.4 is 5.32 Å². The maximum atomic E-state index is 12.6. The number of fused-ring (bicyclic) bond motifs is 2. The summed E-state index contributed by atoms with van der Waals surface area (Å²) in [6.45, 7) is 2.91. The number of hydrogen-bond acceptors (Lipinski definition) is 5. The zero-order valence-corrected chi connectivity index (χ0v) is 17.4. The number of carbonyl (C=O) groups excluding carboxylic acids is 4. The van der Waals surface area contributed by atoms with Crippen molar-refractivity contribution in [2.45, 2.75) is 38.8 Å². The summed E-state index contributed by atoms with van der Waals surface area (Å²) in [6, 6.07) is 12.2. The summed E-state index contributed by atoms with van der Waals surface area (Å²) >= 11 is 0. The number of amides is 3. The van der Waals surface area contributed by atoms with Crippen molar-refractivity contribution in [2.75, 3.05) is 5.32 Å². The molecule has 1 saturated heterocycles. The number of ether oxygens (including phenoxy) is 1. The highest BCUT2D eigenvalue weighted by Crippen LogP contribution is 2.36. The highest BCUT2D eigenvalue weighted by atomic mass is 16.5. The van der Waals surface area contributed by atoms with Crippen LogP contribution in [0.1, 0.15) is 26.7 Å². The monoisotopic (exact) mass is 420 g/mol. The Kier molecular flexibility index (Phi) is 5.59. The molecule has 0 bridgehead atoms. The van der Waals surface area contributed by atoms with Crippen molar-refractivity contribution in [1.82, 2.24) is 4.90 Å². The number of allylic oxidation sites excluding steroid dienone is 2. The first-order valence-electron chi connectivity index (χ1n) is 10.4. The van der Waals surface area contributed by atoms with Gasteiger partial charge in [0.1, 0.15) is 6.04 Å². The maximum Gasteiger partial charge on any atom is 0.329 e. The van der Waals surface area contributed by atoms with Gasteiger partial charge in [0.25, 0.3) is 5.91 Å². The summed E-state index contributed by atoms with van der Waals surface area (Å²) in [5.74, 6) is -2.81. The molecular weight excluding hydrogens is 396 g/mol. The lowest BCUT2D eigenvalue weighted by Crippen LogP contribution is -2.46. The number of nitrogens with one attached hydrogen (secondary N) is 1. The molecule has 2 aromatic rings. The molecule has 160 valence electrons. The Labute approximate surface area is 180 Å². The zero-order chi connectivity index (χ0) is 22.1. The number of esters is 1. The Morgan fingerprint density at radius 1 is 0.968 bits per heavy atom. The van der Waals surface area contributed by atoms with Gasteiger partial charge >= 0.3 is 5.97 Å². The van der Waals surface area contributed by atoms with Gasteiger partial charge in [-0.05, 0) is 49.6 Å². The number of carbonyl (C=O) groups is 4. The lowest BCUT2D eigenvalue weighted by molar-refractivity contribution is -0.163. The predicted octanol–water partition coefficient (Wildman–Crippen LogP) is 3.05. The Balaban J connectivity index is 1.38. The number of benzene rings is 2. The summed E-state index contributed by atoms with van der Waals surface area (Å²) in [4.78, 5) is 51.4. The first kappa shape index (κ1) is 20.8. The van der Waals surface area contributed by atoms with Crippen LogP contribution in [0.3, 0.4) is 0 Å². The van der Waals surface area contributed by atoms with Crippen LogP contribution in [0.15, 0.2) is 54.6 Å². The molecule has 31 heavy (non-hydrogen) atoms. The number of anilines is 1. The normalized spacial score (nSPS) is 22.2. The molecule has 0 radical (unpaired) electrons. The van der Waals surface area contributed by atoms with Gasteiger partial charge in [0.15, 0.2) is 6.10 Å². The fourth-order valence-electron chi connectivity index (χ4n) is 4.15. The molecule has 1 aliphatic carbocycles. The quantitative estimate of drug-likeness (QED) is 0.456. The minimum Gasteiger partial charge on any atom is -0.451 e. The van der Waals surface area contributed by atoms with E-state index < -0.39 is 35.9 Å². The van der Waals surface area contributed by atoms with Crippen molar-refractivity contribution >= 4 is 40.2 Å². The molecule has 1 heterocycles. The van der Waals surface area contributed by atoms with Crippen LogP contribution >= 0.6 is 0 Å². The Morgan fingerprint density at radius 2 is 1.58 bits per heavy atom. The second-order valence-electron chi connectivity index (χ2n) is 8.01. The van der Waals surface area contributed by atoms with Crippen molar-refractivity contribution < 1.29 is 23.9 Å². The molecule has 0 unspecified atom stereocenters. The Morgan fingerprint density at radius 3 is 2.23 bits per heavy atom. The van der Waals surface area contributed by atoms with E-state index in [1.165, 1.54) is 13.8 Å². The number of hydrogen-bond donors (Lipinski definition) is 1. The number of imide groups is 1. The third-order valence-electron chi connectivity index (χ3n) is 5.95. The van der Waals surface area contributed by atoms with E-state index in [4.69, 9.17) is 4.74 Å². The van der Waals surface area contributed by atoms with Gasteiger partial charge in [-0.2, -0.15) is 0 Å². The molecule has 3 amide bonds. The van der Waals surface area contributed by atoms with Gasteiger partial charge < -0.3 is 10.1 Å². The second-order valence-corrected chi connectivity index (χ2v) is 8.01. The van der Waals surface area contributed by atoms with Crippen LogP contribution in [0.5, 0.6) is 0 Å². The minimum absolute atomic E-state index is 0.350. The van der Waals surface area contributed by atoms with Gasteiger partial charge in [-0.3, -0.25) is 19.3 Å². The Bertz CT molecular complexity index is 1070. The molecule has 4 rings (SSSR count). The van der Waals surface area contributed by atoms with E-state index in [1.54, 1.807) is 6.07 Å². The molecular formula is C24H24N2O5. The van der Waals surface area contributed by atoms with E-state index in [0.717, 1.165) is 15.7 Å². The van der Waals surface area contributed by atoms with Crippen molar-refractivity contribution in [3.8, 4) is 0 Å². The molecule has 2 aliphatic rings. The smallest absolute Gasteiger partial charge is 0.329 e. The Hall–Kier alpha value is -3.48. The molecule has 7 heteroatoms. The zero-order valence-electron chi connectivity index (χ0n) is 17.4. The SMILES string of the molecule is C[C@@H](OC(=O)[C@H](C)N1C(=O)[C@H]2CC=CC[C@@H]2C1=O)C(=O)Nc1ccc2ccccc2c1. The van der Waals surface area contributed by atoms with Crippen molar-refractivity contribution in [3.05, 3.63) is 54.6 Å². The van der Waals surface area contributed by atoms with Crippen LogP contribution in [-0.4, -0.2) is 40.7 Å². The second kappa shape index (κ2) is 8.34. The maximum absolute atomic E-state index is 12.6. The standard InChI is InChI=1S/C24H24N2O5/c1-14(26-22(28)19-9-5-6-10-20(19)23(26)29)24(30)31-15(2)21(27)25-18-12-11-16-7-3-4-8-17(16)13-18/h3-8,11-15,19-20H,9-10H2,1-2H3,(H,25,27)/t14-,15+,19-,20-/m0/s1. The van der Waals surface area contributed by atoms with Gasteiger partial charge in [0.05, 0.1) is 11.8 Å². The van der Waals surface area contributed by atoms with Crippen LogP contribution in [0.2, 0.25) is 0 Å². The molecule has 7 nitrogen and oxygen atoms in total. The topological polar surface area (TPSA) is 92.8 Å². The van der Waals surface area contributed by atoms with Gasteiger partial charge in [-0.15, -0.1) is 0 Å². The average molecular weight is 420 g/mol. The lowest BCUT2D eigenvalue weighted by Gasteiger charge is -2.23. The highest BCUT2D eigenvalue weighted by Gasteiger charge is 2.50. The molecule has 2 aromatic carbocycles. The van der Waals surface area contributed by atoms with Crippen molar-refractivity contribution in [2.24, 2.45) is 11.8 Å². The van der Waals surface area contributed by atoms with Gasteiger partial charge in [-0.25, -0.2) is 4.79 Å². The third-order valence-corrected chi connectivity index (χ3v) is 5.95. The predicted molar refractivity (Wildman–Crippen MR) is 115 cm³/mol. The van der Waals surface area contributed by atoms with Gasteiger partial charge in [0, 0.05) is 5.69 Å². The fourth-order valence-corrected chi connectivity index (χ4v) is 4.15. The van der Waals surface area contributed by atoms with Crippen LogP contribution in [0, 0.1) is 11.8 Å². The van der Waals surface area contributed by atoms with E-state index in [-0.39, 0.29) is 11.8 Å². The molecule has 0 saturated carbocycles. The van der Waals surface area contributed by atoms with Crippen LogP contribution in [0.4, 0.5) is 5.69 Å². The summed E-state index contributed by atoms with van der Waals surface area (Å²) in [7, 11) is 0. The van der Waals surface area contributed by atoms with E-state index in [2.05, 4.69) is 5.32 Å². The summed E-state index contributed by atoms with van der Waals surface area (Å²) in [5, 5.41) is 4.75. The highest BCUT2D eigenvalue weighted by molar-refractivity contribution is 6.08. The number of likely N-dealkylation sites (tertiary alicyclic amines) is 1. The molecule has 0 aromatic heterocycles. The van der Waals surface area contributed by atoms with E-state index >= 15 is 0 Å². The molecule has 1 fully saturated rings. The van der Waals surface area contributed by atoms with Crippen LogP contribution in [0.25, 0.3) is 10.8 Å². The largest absolute Gasteiger partial charge is 0.451 e. The number of rotatable bonds is 5. The summed E-state index contributed by atoms with van der Waals surface area (Å²) < 4.78 is 5.28. The number of nitrogens with zero attached hydrogens (tertiary/aromatic N) is 1. The first-order chi connectivity index (χ1) is 14.9. The lowest BCUT2D eigenvalue weighted by atomic mass is 9.85. The first-order valence-corrected chi connectivity index (χ1v) is 10.4. The fraction of sp³-hybridized carbons (Fsp3) is 0.333. The van der Waals surface area contributed by atoms with Crippen molar-refractivity contribution in [1.29, 1.82) is 0 Å².